The summed E-state index contributed by atoms with van der Waals surface area (Å²) in [6.45, 7) is 5.53. The molecule has 2 rings (SSSR count). The molecule has 1 fully saturated rings. The predicted molar refractivity (Wildman–Crippen MR) is 99.3 cm³/mol. The third-order valence-electron chi connectivity index (χ3n) is 3.89. The van der Waals surface area contributed by atoms with Gasteiger partial charge in [-0.3, -0.25) is 9.59 Å². The van der Waals surface area contributed by atoms with E-state index in [9.17, 15) is 9.59 Å². The van der Waals surface area contributed by atoms with Crippen LogP contribution in [-0.2, 0) is 16.1 Å². The Morgan fingerprint density at radius 1 is 1.29 bits per heavy atom. The normalized spacial score (nSPS) is 16.5. The number of rotatable bonds is 7. The molecule has 1 aromatic rings. The highest BCUT2D eigenvalue weighted by Crippen LogP contribution is 2.13. The molecule has 2 amide bonds. The highest BCUT2D eigenvalue weighted by Gasteiger charge is 2.17. The van der Waals surface area contributed by atoms with Crippen LogP contribution in [0.15, 0.2) is 24.3 Å². The van der Waals surface area contributed by atoms with Gasteiger partial charge in [-0.2, -0.15) is 0 Å². The molecule has 1 aliphatic rings. The Bertz CT molecular complexity index is 543. The van der Waals surface area contributed by atoms with Gasteiger partial charge in [-0.25, -0.2) is 0 Å². The monoisotopic (exact) mass is 353 g/mol. The van der Waals surface area contributed by atoms with E-state index in [0.29, 0.717) is 31.3 Å². The van der Waals surface area contributed by atoms with Crippen LogP contribution in [0, 0.1) is 5.92 Å². The Labute approximate surface area is 150 Å². The highest BCUT2D eigenvalue weighted by molar-refractivity contribution is 5.90. The number of hydrogen-bond acceptors (Lipinski definition) is 3. The van der Waals surface area contributed by atoms with Crippen molar-refractivity contribution in [1.82, 2.24) is 10.6 Å². The summed E-state index contributed by atoms with van der Waals surface area (Å²) in [7, 11) is 0. The fraction of sp³-hybridized carbons (Fsp3) is 0.556. The molecule has 1 aliphatic heterocycles. The molecule has 134 valence electrons. The van der Waals surface area contributed by atoms with Gasteiger partial charge in [-0.1, -0.05) is 26.0 Å². The summed E-state index contributed by atoms with van der Waals surface area (Å²) in [5.41, 5.74) is 1.76. The maximum atomic E-state index is 11.9. The molecule has 1 aromatic carbocycles. The second-order valence-electron chi connectivity index (χ2n) is 6.62. The van der Waals surface area contributed by atoms with E-state index < -0.39 is 0 Å². The van der Waals surface area contributed by atoms with Crippen LogP contribution in [0.3, 0.4) is 0 Å². The Hall–Kier alpha value is -1.59. The van der Waals surface area contributed by atoms with Gasteiger partial charge in [0.15, 0.2) is 0 Å². The maximum Gasteiger partial charge on any atom is 0.224 e. The van der Waals surface area contributed by atoms with Crippen LogP contribution in [0.5, 0.6) is 0 Å². The summed E-state index contributed by atoms with van der Waals surface area (Å²) in [5.74, 6) is 0.425. The topological polar surface area (TPSA) is 70.2 Å². The summed E-state index contributed by atoms with van der Waals surface area (Å²) in [6.07, 6.45) is 3.26. The summed E-state index contributed by atoms with van der Waals surface area (Å²) < 4.78 is 0. The molecule has 1 heterocycles. The maximum absolute atomic E-state index is 11.9. The van der Waals surface area contributed by atoms with Crippen molar-refractivity contribution in [3.8, 4) is 0 Å². The molecular weight excluding hydrogens is 326 g/mol. The number of carbonyl (C=O) groups excluding carboxylic acids is 2. The summed E-state index contributed by atoms with van der Waals surface area (Å²) in [4.78, 5) is 23.7. The Balaban J connectivity index is 0.00000288. The molecule has 0 bridgehead atoms. The first-order chi connectivity index (χ1) is 11.0. The van der Waals surface area contributed by atoms with E-state index in [1.54, 1.807) is 0 Å². The van der Waals surface area contributed by atoms with Gasteiger partial charge >= 0.3 is 0 Å². The Kier molecular flexibility index (Phi) is 8.79. The Morgan fingerprint density at radius 2 is 2.08 bits per heavy atom. The second-order valence-corrected chi connectivity index (χ2v) is 6.62. The van der Waals surface area contributed by atoms with Crippen LogP contribution in [0.1, 0.15) is 45.1 Å². The largest absolute Gasteiger partial charge is 0.352 e. The standard InChI is InChI=1S/C18H27N3O2.ClH/c1-13(2)9-18(23)21-16-6-3-5-14(10-16)12-20-17(22)11-15-7-4-8-19-15;/h3,5-6,10,13,15,19H,4,7-9,11-12H2,1-2H3,(H,20,22)(H,21,23);1H. The van der Waals surface area contributed by atoms with Crippen LogP contribution in [0.2, 0.25) is 0 Å². The number of hydrogen-bond donors (Lipinski definition) is 3. The van der Waals surface area contributed by atoms with Crippen LogP contribution in [-0.4, -0.2) is 24.4 Å². The van der Waals surface area contributed by atoms with Crippen molar-refractivity contribution in [2.45, 2.75) is 52.1 Å². The minimum absolute atomic E-state index is 0. The number of halogens is 1. The molecule has 0 radical (unpaired) electrons. The van der Waals surface area contributed by atoms with E-state index in [2.05, 4.69) is 16.0 Å². The van der Waals surface area contributed by atoms with E-state index in [4.69, 9.17) is 0 Å². The summed E-state index contributed by atoms with van der Waals surface area (Å²) >= 11 is 0. The van der Waals surface area contributed by atoms with Gasteiger partial charge in [0.05, 0.1) is 0 Å². The number of benzene rings is 1. The second kappa shape index (κ2) is 10.3. The van der Waals surface area contributed by atoms with Gasteiger partial charge < -0.3 is 16.0 Å². The van der Waals surface area contributed by atoms with Gasteiger partial charge in [0.25, 0.3) is 0 Å². The number of anilines is 1. The van der Waals surface area contributed by atoms with Crippen molar-refractivity contribution < 1.29 is 9.59 Å². The molecule has 1 atom stereocenters. The Morgan fingerprint density at radius 3 is 2.75 bits per heavy atom. The molecule has 5 nitrogen and oxygen atoms in total. The molecule has 3 N–H and O–H groups in total. The zero-order chi connectivity index (χ0) is 16.7. The molecule has 0 aliphatic carbocycles. The highest BCUT2D eigenvalue weighted by atomic mass is 35.5. The lowest BCUT2D eigenvalue weighted by atomic mass is 10.1. The first kappa shape index (κ1) is 20.5. The molecule has 1 saturated heterocycles. The van der Waals surface area contributed by atoms with Crippen LogP contribution in [0.25, 0.3) is 0 Å². The number of carbonyl (C=O) groups is 2. The quantitative estimate of drug-likeness (QED) is 0.706. The zero-order valence-corrected chi connectivity index (χ0v) is 15.2. The average molecular weight is 354 g/mol. The van der Waals surface area contributed by atoms with Gasteiger partial charge in [-0.15, -0.1) is 12.4 Å². The molecular formula is C18H28ClN3O2. The van der Waals surface area contributed by atoms with Crippen molar-refractivity contribution in [3.05, 3.63) is 29.8 Å². The van der Waals surface area contributed by atoms with E-state index >= 15 is 0 Å². The van der Waals surface area contributed by atoms with Crippen LogP contribution < -0.4 is 16.0 Å². The zero-order valence-electron chi connectivity index (χ0n) is 14.4. The minimum atomic E-state index is 0. The fourth-order valence-corrected chi connectivity index (χ4v) is 2.77. The molecule has 0 spiro atoms. The van der Waals surface area contributed by atoms with Gasteiger partial charge in [-0.05, 0) is 43.0 Å². The first-order valence-corrected chi connectivity index (χ1v) is 8.42. The van der Waals surface area contributed by atoms with Crippen molar-refractivity contribution in [1.29, 1.82) is 0 Å². The molecule has 0 aromatic heterocycles. The summed E-state index contributed by atoms with van der Waals surface area (Å²) in [6, 6.07) is 7.94. The first-order valence-electron chi connectivity index (χ1n) is 8.42. The van der Waals surface area contributed by atoms with Gasteiger partial charge in [0, 0.05) is 31.1 Å². The lowest BCUT2D eigenvalue weighted by Crippen LogP contribution is -2.31. The number of nitrogens with one attached hydrogen (secondary N) is 3. The summed E-state index contributed by atoms with van der Waals surface area (Å²) in [5, 5.41) is 9.17. The van der Waals surface area contributed by atoms with Crippen LogP contribution in [0.4, 0.5) is 5.69 Å². The molecule has 1 unspecified atom stereocenters. The molecule has 6 heteroatoms. The third kappa shape index (κ3) is 7.32. The van der Waals surface area contributed by atoms with Crippen molar-refractivity contribution in [2.75, 3.05) is 11.9 Å². The lowest BCUT2D eigenvalue weighted by Gasteiger charge is -2.12. The van der Waals surface area contributed by atoms with E-state index in [0.717, 1.165) is 30.6 Å². The van der Waals surface area contributed by atoms with Crippen molar-refractivity contribution in [2.24, 2.45) is 5.92 Å². The molecule has 24 heavy (non-hydrogen) atoms. The average Bonchev–Trinajstić information content (AvgIpc) is 2.97. The van der Waals surface area contributed by atoms with Gasteiger partial charge in [0.1, 0.15) is 0 Å². The van der Waals surface area contributed by atoms with Gasteiger partial charge in [0.2, 0.25) is 11.8 Å². The minimum Gasteiger partial charge on any atom is -0.352 e. The third-order valence-corrected chi connectivity index (χ3v) is 3.89. The van der Waals surface area contributed by atoms with E-state index in [1.165, 1.54) is 0 Å². The molecule has 0 saturated carbocycles. The number of amides is 2. The lowest BCUT2D eigenvalue weighted by molar-refractivity contribution is -0.121. The fourth-order valence-electron chi connectivity index (χ4n) is 2.77. The van der Waals surface area contributed by atoms with Crippen molar-refractivity contribution >= 4 is 29.9 Å². The van der Waals surface area contributed by atoms with Crippen molar-refractivity contribution in [3.63, 3.8) is 0 Å². The van der Waals surface area contributed by atoms with E-state index in [1.807, 2.05) is 38.1 Å². The SMILES string of the molecule is CC(C)CC(=O)Nc1cccc(CNC(=O)CC2CCCN2)c1.Cl. The van der Waals surface area contributed by atoms with Crippen LogP contribution >= 0.6 is 12.4 Å². The van der Waals surface area contributed by atoms with E-state index in [-0.39, 0.29) is 24.2 Å². The smallest absolute Gasteiger partial charge is 0.224 e. The predicted octanol–water partition coefficient (Wildman–Crippen LogP) is 2.85.